The van der Waals surface area contributed by atoms with E-state index in [2.05, 4.69) is 32.4 Å². The van der Waals surface area contributed by atoms with Crippen LogP contribution in [0.5, 0.6) is 0 Å². The number of imidazole rings is 1. The van der Waals surface area contributed by atoms with Crippen LogP contribution in [0.3, 0.4) is 0 Å². The van der Waals surface area contributed by atoms with Gasteiger partial charge in [0.15, 0.2) is 0 Å². The number of nitrogen functional groups attached to an aromatic ring is 1. The monoisotopic (exact) mass is 259 g/mol. The zero-order valence-electron chi connectivity index (χ0n) is 12.0. The Morgan fingerprint density at radius 1 is 1.42 bits per heavy atom. The highest BCUT2D eigenvalue weighted by atomic mass is 15.2. The number of aryl methyl sites for hydroxylation is 1. The lowest BCUT2D eigenvalue weighted by molar-refractivity contribution is 0.515. The second kappa shape index (κ2) is 4.57. The van der Waals surface area contributed by atoms with Crippen molar-refractivity contribution in [2.24, 2.45) is 7.05 Å². The number of aromatic nitrogens is 4. The van der Waals surface area contributed by atoms with Gasteiger partial charge in [-0.15, -0.1) is 6.58 Å². The first-order valence-electron chi connectivity index (χ1n) is 6.31. The Balaban J connectivity index is 2.61. The van der Waals surface area contributed by atoms with E-state index in [4.69, 9.17) is 10.7 Å². The van der Waals surface area contributed by atoms with E-state index in [-0.39, 0.29) is 5.41 Å². The minimum Gasteiger partial charge on any atom is -0.383 e. The number of nitrogens with two attached hydrogens (primary N) is 1. The van der Waals surface area contributed by atoms with E-state index in [1.807, 2.05) is 23.9 Å². The van der Waals surface area contributed by atoms with Crippen molar-refractivity contribution in [3.63, 3.8) is 0 Å². The van der Waals surface area contributed by atoms with Crippen LogP contribution in [0.1, 0.15) is 26.6 Å². The molecule has 0 amide bonds. The third-order valence-electron chi connectivity index (χ3n) is 2.97. The molecule has 0 aliphatic carbocycles. The number of hydrogen-bond acceptors (Lipinski definition) is 3. The maximum atomic E-state index is 6.24. The lowest BCUT2D eigenvalue weighted by Crippen LogP contribution is -2.19. The molecule has 2 N–H and O–H groups in total. The Hall–Kier alpha value is -2.04. The van der Waals surface area contributed by atoms with E-state index in [1.54, 1.807) is 10.9 Å². The van der Waals surface area contributed by atoms with Gasteiger partial charge in [0.1, 0.15) is 17.3 Å². The second-order valence-corrected chi connectivity index (χ2v) is 5.72. The summed E-state index contributed by atoms with van der Waals surface area (Å²) in [5.74, 6) is 1.63. The molecule has 0 spiro atoms. The van der Waals surface area contributed by atoms with Crippen molar-refractivity contribution in [1.82, 2.24) is 19.3 Å². The first kappa shape index (κ1) is 13.4. The fraction of sp³-hybridized carbons (Fsp3) is 0.429. The zero-order valence-corrected chi connectivity index (χ0v) is 12.0. The molecule has 0 saturated carbocycles. The summed E-state index contributed by atoms with van der Waals surface area (Å²) in [4.78, 5) is 4.72. The summed E-state index contributed by atoms with van der Waals surface area (Å²) in [5, 5.41) is 4.17. The smallest absolute Gasteiger partial charge is 0.132 e. The van der Waals surface area contributed by atoms with Crippen molar-refractivity contribution < 1.29 is 0 Å². The standard InChI is InChI=1S/C14H21N5/c1-6-7-19-12(15)11(10-8-16-18(5)9-10)17-13(19)14(2,3)4/h6,8-9H,1,7,15H2,2-5H3. The van der Waals surface area contributed by atoms with Crippen LogP contribution in [0.25, 0.3) is 11.3 Å². The van der Waals surface area contributed by atoms with Gasteiger partial charge in [-0.3, -0.25) is 4.68 Å². The van der Waals surface area contributed by atoms with Gasteiger partial charge in [-0.05, 0) is 0 Å². The normalized spacial score (nSPS) is 11.8. The van der Waals surface area contributed by atoms with Crippen LogP contribution < -0.4 is 5.73 Å². The Morgan fingerprint density at radius 2 is 2.11 bits per heavy atom. The number of nitrogens with zero attached hydrogens (tertiary/aromatic N) is 4. The highest BCUT2D eigenvalue weighted by Crippen LogP contribution is 2.31. The molecule has 0 aliphatic heterocycles. The van der Waals surface area contributed by atoms with Gasteiger partial charge in [0.2, 0.25) is 0 Å². The first-order valence-corrected chi connectivity index (χ1v) is 6.31. The predicted octanol–water partition coefficient (Wildman–Crippen LogP) is 2.35. The third-order valence-corrected chi connectivity index (χ3v) is 2.97. The summed E-state index contributed by atoms with van der Waals surface area (Å²) < 4.78 is 3.76. The van der Waals surface area contributed by atoms with E-state index in [0.717, 1.165) is 17.1 Å². The molecule has 0 unspecified atom stereocenters. The Kier molecular flexibility index (Phi) is 3.22. The molecule has 0 aromatic carbocycles. The minimum absolute atomic E-state index is 0.0718. The van der Waals surface area contributed by atoms with Crippen LogP contribution in [0.2, 0.25) is 0 Å². The van der Waals surface area contributed by atoms with Gasteiger partial charge >= 0.3 is 0 Å². The number of anilines is 1. The second-order valence-electron chi connectivity index (χ2n) is 5.72. The van der Waals surface area contributed by atoms with E-state index in [1.165, 1.54) is 0 Å². The summed E-state index contributed by atoms with van der Waals surface area (Å²) in [6.07, 6.45) is 5.53. The van der Waals surface area contributed by atoms with Gasteiger partial charge in [-0.2, -0.15) is 5.10 Å². The van der Waals surface area contributed by atoms with Crippen molar-refractivity contribution in [2.75, 3.05) is 5.73 Å². The largest absolute Gasteiger partial charge is 0.383 e. The molecule has 2 rings (SSSR count). The highest BCUT2D eigenvalue weighted by molar-refractivity contribution is 5.70. The summed E-state index contributed by atoms with van der Waals surface area (Å²) in [6.45, 7) is 10.8. The molecule has 2 aromatic rings. The van der Waals surface area contributed by atoms with Gasteiger partial charge in [0.05, 0.1) is 6.20 Å². The van der Waals surface area contributed by atoms with E-state index in [9.17, 15) is 0 Å². The van der Waals surface area contributed by atoms with Gasteiger partial charge < -0.3 is 10.3 Å². The molecule has 102 valence electrons. The molecule has 5 nitrogen and oxygen atoms in total. The molecule has 0 aliphatic rings. The van der Waals surface area contributed by atoms with Gasteiger partial charge in [0.25, 0.3) is 0 Å². The fourth-order valence-electron chi connectivity index (χ4n) is 2.11. The van der Waals surface area contributed by atoms with E-state index < -0.39 is 0 Å². The fourth-order valence-corrected chi connectivity index (χ4v) is 2.11. The van der Waals surface area contributed by atoms with Gasteiger partial charge in [-0.25, -0.2) is 4.98 Å². The average Bonchev–Trinajstić information content (AvgIpc) is 2.84. The van der Waals surface area contributed by atoms with Crippen LogP contribution in [-0.2, 0) is 19.0 Å². The van der Waals surface area contributed by atoms with Crippen molar-refractivity contribution in [3.05, 3.63) is 30.9 Å². The molecular weight excluding hydrogens is 238 g/mol. The third kappa shape index (κ3) is 2.41. The lowest BCUT2D eigenvalue weighted by atomic mass is 9.95. The van der Waals surface area contributed by atoms with Crippen molar-refractivity contribution in [2.45, 2.75) is 32.7 Å². The topological polar surface area (TPSA) is 61.7 Å². The van der Waals surface area contributed by atoms with E-state index >= 15 is 0 Å². The molecular formula is C14H21N5. The summed E-state index contributed by atoms with van der Waals surface area (Å²) in [6, 6.07) is 0. The van der Waals surface area contributed by atoms with Crippen LogP contribution in [0.15, 0.2) is 25.0 Å². The Labute approximate surface area is 113 Å². The van der Waals surface area contributed by atoms with E-state index in [0.29, 0.717) is 12.4 Å². The van der Waals surface area contributed by atoms with Crippen LogP contribution in [0, 0.1) is 0 Å². The summed E-state index contributed by atoms with van der Waals surface area (Å²) in [7, 11) is 1.88. The molecule has 0 atom stereocenters. The Morgan fingerprint density at radius 3 is 2.58 bits per heavy atom. The van der Waals surface area contributed by atoms with Crippen molar-refractivity contribution in [1.29, 1.82) is 0 Å². The molecule has 19 heavy (non-hydrogen) atoms. The molecule has 2 aromatic heterocycles. The van der Waals surface area contributed by atoms with Crippen LogP contribution in [-0.4, -0.2) is 19.3 Å². The predicted molar refractivity (Wildman–Crippen MR) is 77.7 cm³/mol. The first-order chi connectivity index (χ1) is 8.84. The molecule has 5 heteroatoms. The Bertz CT molecular complexity index is 598. The maximum Gasteiger partial charge on any atom is 0.132 e. The highest BCUT2D eigenvalue weighted by Gasteiger charge is 2.25. The molecule has 0 saturated heterocycles. The molecule has 0 fully saturated rings. The number of allylic oxidation sites excluding steroid dienone is 1. The quantitative estimate of drug-likeness (QED) is 0.861. The zero-order chi connectivity index (χ0) is 14.2. The van der Waals surface area contributed by atoms with Crippen molar-refractivity contribution >= 4 is 5.82 Å². The van der Waals surface area contributed by atoms with Gasteiger partial charge in [0, 0.05) is 30.8 Å². The van der Waals surface area contributed by atoms with Gasteiger partial charge in [-0.1, -0.05) is 26.8 Å². The minimum atomic E-state index is -0.0718. The summed E-state index contributed by atoms with van der Waals surface area (Å²) in [5.41, 5.74) is 7.90. The molecule has 0 radical (unpaired) electrons. The van der Waals surface area contributed by atoms with Crippen LogP contribution >= 0.6 is 0 Å². The number of hydrogen-bond donors (Lipinski definition) is 1. The average molecular weight is 259 g/mol. The maximum absolute atomic E-state index is 6.24. The lowest BCUT2D eigenvalue weighted by Gasteiger charge is -2.19. The van der Waals surface area contributed by atoms with Crippen molar-refractivity contribution in [3.8, 4) is 11.3 Å². The summed E-state index contributed by atoms with van der Waals surface area (Å²) >= 11 is 0. The number of rotatable bonds is 3. The molecule has 2 heterocycles. The van der Waals surface area contributed by atoms with Crippen LogP contribution in [0.4, 0.5) is 5.82 Å². The molecule has 0 bridgehead atoms. The SMILES string of the molecule is C=CCn1c(C(C)(C)C)nc(-c2cnn(C)c2)c1N.